The zero-order valence-corrected chi connectivity index (χ0v) is 15.6. The van der Waals surface area contributed by atoms with Crippen molar-refractivity contribution in [2.75, 3.05) is 18.4 Å². The summed E-state index contributed by atoms with van der Waals surface area (Å²) in [5.41, 5.74) is 4.19. The number of anilines is 1. The zero-order chi connectivity index (χ0) is 19.0. The molecule has 5 nitrogen and oxygen atoms in total. The Morgan fingerprint density at radius 1 is 1.26 bits per heavy atom. The van der Waals surface area contributed by atoms with Crippen molar-refractivity contribution < 1.29 is 9.18 Å². The van der Waals surface area contributed by atoms with Gasteiger partial charge in [-0.05, 0) is 68.1 Å². The fraction of sp³-hybridized carbons (Fsp3) is 0.333. The van der Waals surface area contributed by atoms with Gasteiger partial charge in [-0.1, -0.05) is 0 Å². The Bertz CT molecular complexity index is 1010. The third-order valence-corrected chi connectivity index (χ3v) is 5.02. The molecule has 0 spiro atoms. The minimum absolute atomic E-state index is 0.0373. The molecular weight excluding hydrogens is 343 g/mol. The van der Waals surface area contributed by atoms with Crippen LogP contribution in [-0.2, 0) is 11.8 Å². The van der Waals surface area contributed by atoms with Crippen molar-refractivity contribution >= 4 is 22.6 Å². The molecule has 140 valence electrons. The van der Waals surface area contributed by atoms with Crippen molar-refractivity contribution in [3.05, 3.63) is 47.8 Å². The third kappa shape index (κ3) is 3.85. The van der Waals surface area contributed by atoms with Gasteiger partial charge in [-0.25, -0.2) is 9.37 Å². The number of fused-ring (bicyclic) bond motifs is 1. The second-order valence-corrected chi connectivity index (χ2v) is 7.28. The van der Waals surface area contributed by atoms with Gasteiger partial charge in [0.1, 0.15) is 11.6 Å². The van der Waals surface area contributed by atoms with Crippen molar-refractivity contribution in [2.45, 2.75) is 19.8 Å². The van der Waals surface area contributed by atoms with Crippen LogP contribution in [0, 0.1) is 18.7 Å². The van der Waals surface area contributed by atoms with Gasteiger partial charge >= 0.3 is 0 Å². The van der Waals surface area contributed by atoms with Crippen LogP contribution in [-0.4, -0.2) is 28.5 Å². The second kappa shape index (κ2) is 7.12. The SMILES string of the molecule is Cc1cc(-c2nc3cc(F)ccc3n2C)ccc1NC(=O)CNCC1CC1. The minimum atomic E-state index is -0.295. The Labute approximate surface area is 157 Å². The number of halogens is 1. The highest BCUT2D eigenvalue weighted by atomic mass is 19.1. The van der Waals surface area contributed by atoms with Crippen molar-refractivity contribution in [1.82, 2.24) is 14.9 Å². The van der Waals surface area contributed by atoms with Crippen molar-refractivity contribution in [3.8, 4) is 11.4 Å². The molecular formula is C21H23FN4O. The summed E-state index contributed by atoms with van der Waals surface area (Å²) in [5, 5.41) is 6.15. The smallest absolute Gasteiger partial charge is 0.238 e. The normalized spacial score (nSPS) is 13.9. The first-order valence-electron chi connectivity index (χ1n) is 9.25. The van der Waals surface area contributed by atoms with E-state index in [1.807, 2.05) is 36.7 Å². The Morgan fingerprint density at radius 2 is 2.07 bits per heavy atom. The fourth-order valence-corrected chi connectivity index (χ4v) is 3.28. The number of aryl methyl sites for hydroxylation is 2. The van der Waals surface area contributed by atoms with Crippen LogP contribution in [0.25, 0.3) is 22.4 Å². The molecule has 1 amide bonds. The molecule has 0 atom stereocenters. The van der Waals surface area contributed by atoms with Crippen molar-refractivity contribution in [1.29, 1.82) is 0 Å². The van der Waals surface area contributed by atoms with Crippen LogP contribution in [0.2, 0.25) is 0 Å². The molecule has 6 heteroatoms. The molecule has 2 N–H and O–H groups in total. The predicted octanol–water partition coefficient (Wildman–Crippen LogP) is 3.63. The van der Waals surface area contributed by atoms with Crippen LogP contribution in [0.1, 0.15) is 18.4 Å². The van der Waals surface area contributed by atoms with Crippen LogP contribution in [0.15, 0.2) is 36.4 Å². The average Bonchev–Trinajstić information content (AvgIpc) is 3.40. The monoisotopic (exact) mass is 366 g/mol. The highest BCUT2D eigenvalue weighted by Crippen LogP contribution is 2.28. The molecule has 2 aromatic carbocycles. The fourth-order valence-electron chi connectivity index (χ4n) is 3.28. The number of nitrogens with one attached hydrogen (secondary N) is 2. The molecule has 27 heavy (non-hydrogen) atoms. The molecule has 0 aliphatic heterocycles. The minimum Gasteiger partial charge on any atom is -0.327 e. The Morgan fingerprint density at radius 3 is 2.81 bits per heavy atom. The molecule has 1 aliphatic rings. The van der Waals surface area contributed by atoms with E-state index >= 15 is 0 Å². The standard InChI is InChI=1S/C21H23FN4O/c1-13-9-15(21-25-18-10-16(22)6-8-19(18)26(21)2)5-7-17(13)24-20(27)12-23-11-14-3-4-14/h5-10,14,23H,3-4,11-12H2,1-2H3,(H,24,27). The number of rotatable bonds is 6. The van der Waals surface area contributed by atoms with E-state index in [2.05, 4.69) is 15.6 Å². The van der Waals surface area contributed by atoms with Crippen LogP contribution in [0.5, 0.6) is 0 Å². The number of amides is 1. The van der Waals surface area contributed by atoms with Gasteiger partial charge in [-0.15, -0.1) is 0 Å². The average molecular weight is 366 g/mol. The van der Waals surface area contributed by atoms with Crippen LogP contribution >= 0.6 is 0 Å². The molecule has 1 aliphatic carbocycles. The summed E-state index contributed by atoms with van der Waals surface area (Å²) in [6, 6.07) is 10.4. The summed E-state index contributed by atoms with van der Waals surface area (Å²) in [6.45, 7) is 3.20. The number of benzene rings is 2. The first kappa shape index (κ1) is 17.7. The van der Waals surface area contributed by atoms with Crippen molar-refractivity contribution in [2.24, 2.45) is 13.0 Å². The van der Waals surface area contributed by atoms with E-state index in [-0.39, 0.29) is 11.7 Å². The topological polar surface area (TPSA) is 59.0 Å². The summed E-state index contributed by atoms with van der Waals surface area (Å²) in [5.74, 6) is 1.18. The number of nitrogens with zero attached hydrogens (tertiary/aromatic N) is 2. The molecule has 0 unspecified atom stereocenters. The van der Waals surface area contributed by atoms with Gasteiger partial charge in [0.25, 0.3) is 0 Å². The lowest BCUT2D eigenvalue weighted by Crippen LogP contribution is -2.29. The first-order chi connectivity index (χ1) is 13.0. The summed E-state index contributed by atoms with van der Waals surface area (Å²) in [6.07, 6.45) is 2.54. The molecule has 0 radical (unpaired) electrons. The Balaban J connectivity index is 1.51. The Hall–Kier alpha value is -2.73. The zero-order valence-electron chi connectivity index (χ0n) is 15.6. The lowest BCUT2D eigenvalue weighted by molar-refractivity contribution is -0.115. The first-order valence-corrected chi connectivity index (χ1v) is 9.25. The van der Waals surface area contributed by atoms with Gasteiger partial charge < -0.3 is 15.2 Å². The molecule has 4 rings (SSSR count). The highest BCUT2D eigenvalue weighted by Gasteiger charge is 2.20. The molecule has 0 bridgehead atoms. The van der Waals surface area contributed by atoms with Gasteiger partial charge in [-0.3, -0.25) is 4.79 Å². The van der Waals surface area contributed by atoms with Crippen molar-refractivity contribution in [3.63, 3.8) is 0 Å². The van der Waals surface area contributed by atoms with E-state index in [4.69, 9.17) is 0 Å². The van der Waals surface area contributed by atoms with Gasteiger partial charge in [0.05, 0.1) is 17.6 Å². The summed E-state index contributed by atoms with van der Waals surface area (Å²) >= 11 is 0. The van der Waals surface area contributed by atoms with E-state index in [1.54, 1.807) is 6.07 Å². The van der Waals surface area contributed by atoms with Gasteiger partial charge in [0.15, 0.2) is 0 Å². The van der Waals surface area contributed by atoms with E-state index in [0.717, 1.165) is 40.6 Å². The third-order valence-electron chi connectivity index (χ3n) is 5.02. The quantitative estimate of drug-likeness (QED) is 0.700. The maximum Gasteiger partial charge on any atom is 0.238 e. The molecule has 1 heterocycles. The number of imidazole rings is 1. The lowest BCUT2D eigenvalue weighted by atomic mass is 10.1. The van der Waals surface area contributed by atoms with Crippen LogP contribution < -0.4 is 10.6 Å². The maximum atomic E-state index is 13.5. The van der Waals surface area contributed by atoms with E-state index in [1.165, 1.54) is 25.0 Å². The Kier molecular flexibility index (Phi) is 4.66. The van der Waals surface area contributed by atoms with Gasteiger partial charge in [-0.2, -0.15) is 0 Å². The van der Waals surface area contributed by atoms with E-state index in [9.17, 15) is 9.18 Å². The molecule has 3 aromatic rings. The molecule has 1 fully saturated rings. The summed E-state index contributed by atoms with van der Waals surface area (Å²) in [4.78, 5) is 16.7. The molecule has 1 aromatic heterocycles. The highest BCUT2D eigenvalue weighted by molar-refractivity contribution is 5.93. The summed E-state index contributed by atoms with van der Waals surface area (Å²) < 4.78 is 15.4. The maximum absolute atomic E-state index is 13.5. The van der Waals surface area contributed by atoms with Gasteiger partial charge in [0.2, 0.25) is 5.91 Å². The molecule has 0 saturated heterocycles. The second-order valence-electron chi connectivity index (χ2n) is 7.28. The lowest BCUT2D eigenvalue weighted by Gasteiger charge is -2.11. The van der Waals surface area contributed by atoms with Crippen LogP contribution in [0.4, 0.5) is 10.1 Å². The van der Waals surface area contributed by atoms with Crippen LogP contribution in [0.3, 0.4) is 0 Å². The summed E-state index contributed by atoms with van der Waals surface area (Å²) in [7, 11) is 1.92. The number of aromatic nitrogens is 2. The van der Waals surface area contributed by atoms with E-state index in [0.29, 0.717) is 12.1 Å². The number of hydrogen-bond donors (Lipinski definition) is 2. The largest absolute Gasteiger partial charge is 0.327 e. The predicted molar refractivity (Wildman–Crippen MR) is 105 cm³/mol. The van der Waals surface area contributed by atoms with Gasteiger partial charge in [0, 0.05) is 24.4 Å². The molecule has 1 saturated carbocycles. The number of carbonyl (C=O) groups is 1. The number of hydrogen-bond acceptors (Lipinski definition) is 3. The number of carbonyl (C=O) groups excluding carboxylic acids is 1. The van der Waals surface area contributed by atoms with E-state index < -0.39 is 0 Å².